The molecule has 0 saturated heterocycles. The molecular weight excluding hydrogens is 364 g/mol. The molecule has 3 rings (SSSR count). The summed E-state index contributed by atoms with van der Waals surface area (Å²) in [5, 5.41) is 16.6. The smallest absolute Gasteiger partial charge is 0.327 e. The van der Waals surface area contributed by atoms with Gasteiger partial charge in [0, 0.05) is 0 Å². The Morgan fingerprint density at radius 3 is 2.57 bits per heavy atom. The van der Waals surface area contributed by atoms with Gasteiger partial charge < -0.3 is 9.47 Å². The second-order valence-electron chi connectivity index (χ2n) is 6.65. The number of rotatable bonds is 8. The summed E-state index contributed by atoms with van der Waals surface area (Å²) >= 11 is 0. The highest BCUT2D eigenvalue weighted by Crippen LogP contribution is 2.42. The average molecular weight is 388 g/mol. The number of benzene rings is 1. The van der Waals surface area contributed by atoms with Crippen molar-refractivity contribution in [2.45, 2.75) is 44.6 Å². The zero-order valence-electron chi connectivity index (χ0n) is 16.1. The van der Waals surface area contributed by atoms with Crippen LogP contribution in [0.3, 0.4) is 0 Å². The summed E-state index contributed by atoms with van der Waals surface area (Å²) in [5.41, 5.74) is -0.136. The third kappa shape index (κ3) is 3.80. The lowest BCUT2D eigenvalue weighted by Crippen LogP contribution is -2.48. The number of esters is 1. The number of nitrogens with zero attached hydrogens (tertiary/aromatic N) is 6. The fourth-order valence-electron chi connectivity index (χ4n) is 3.70. The van der Waals surface area contributed by atoms with Crippen LogP contribution in [0.2, 0.25) is 0 Å². The summed E-state index contributed by atoms with van der Waals surface area (Å²) in [7, 11) is 1.59. The Morgan fingerprint density at radius 2 is 1.96 bits per heavy atom. The zero-order valence-corrected chi connectivity index (χ0v) is 16.1. The second-order valence-corrected chi connectivity index (χ2v) is 6.65. The fraction of sp³-hybridized carbons (Fsp3) is 0.556. The summed E-state index contributed by atoms with van der Waals surface area (Å²) in [6, 6.07) is 7.28. The Kier molecular flexibility index (Phi) is 6.17. The quantitative estimate of drug-likeness (QED) is 0.385. The maximum absolute atomic E-state index is 12.1. The van der Waals surface area contributed by atoms with E-state index in [1.54, 1.807) is 18.7 Å². The highest BCUT2D eigenvalue weighted by Gasteiger charge is 2.46. The summed E-state index contributed by atoms with van der Waals surface area (Å²) < 4.78 is 11.8. The van der Waals surface area contributed by atoms with Crippen LogP contribution in [0, 0.1) is 4.91 Å². The van der Waals surface area contributed by atoms with Crippen LogP contribution in [0.25, 0.3) is 5.69 Å². The van der Waals surface area contributed by atoms with Gasteiger partial charge in [0.25, 0.3) is 0 Å². The van der Waals surface area contributed by atoms with Gasteiger partial charge in [-0.3, -0.25) is 4.79 Å². The largest absolute Gasteiger partial charge is 0.497 e. The van der Waals surface area contributed by atoms with Crippen LogP contribution >= 0.6 is 0 Å². The summed E-state index contributed by atoms with van der Waals surface area (Å²) in [4.78, 5) is 23.8. The summed E-state index contributed by atoms with van der Waals surface area (Å²) in [6.07, 6.45) is 4.04. The molecule has 10 nitrogen and oxygen atoms in total. The van der Waals surface area contributed by atoms with Crippen LogP contribution in [-0.2, 0) is 15.1 Å². The number of carbonyl (C=O) groups is 1. The van der Waals surface area contributed by atoms with Gasteiger partial charge in [0.1, 0.15) is 17.8 Å². The lowest BCUT2D eigenvalue weighted by atomic mass is 9.80. The van der Waals surface area contributed by atoms with E-state index in [4.69, 9.17) is 9.47 Å². The van der Waals surface area contributed by atoms with Crippen molar-refractivity contribution in [2.24, 2.45) is 5.29 Å². The van der Waals surface area contributed by atoms with Crippen molar-refractivity contribution in [3.63, 3.8) is 0 Å². The van der Waals surface area contributed by atoms with Gasteiger partial charge in [0.2, 0.25) is 0 Å². The van der Waals surface area contributed by atoms with Crippen LogP contribution in [0.15, 0.2) is 29.6 Å². The molecule has 1 saturated carbocycles. The van der Waals surface area contributed by atoms with Gasteiger partial charge in [-0.2, -0.15) is 4.68 Å². The van der Waals surface area contributed by atoms with Crippen molar-refractivity contribution in [1.82, 2.24) is 25.2 Å². The van der Waals surface area contributed by atoms with E-state index in [2.05, 4.69) is 20.8 Å². The van der Waals surface area contributed by atoms with Crippen molar-refractivity contribution in [3.05, 3.63) is 35.0 Å². The normalized spacial score (nSPS) is 15.6. The number of hydrogen-bond donors (Lipinski definition) is 0. The van der Waals surface area contributed by atoms with Crippen LogP contribution < -0.4 is 4.74 Å². The molecule has 0 N–H and O–H groups in total. The van der Waals surface area contributed by atoms with Gasteiger partial charge in [0.15, 0.2) is 5.82 Å². The monoisotopic (exact) mass is 388 g/mol. The number of hydrogen-bond acceptors (Lipinski definition) is 8. The van der Waals surface area contributed by atoms with E-state index in [9.17, 15) is 9.70 Å². The highest BCUT2D eigenvalue weighted by atomic mass is 16.5. The van der Waals surface area contributed by atoms with Crippen LogP contribution in [0.5, 0.6) is 5.75 Å². The molecule has 0 radical (unpaired) electrons. The molecule has 1 fully saturated rings. The maximum Gasteiger partial charge on any atom is 0.327 e. The first kappa shape index (κ1) is 19.7. The van der Waals surface area contributed by atoms with E-state index in [0.29, 0.717) is 24.4 Å². The molecule has 0 unspecified atom stereocenters. The third-order valence-electron chi connectivity index (χ3n) is 5.06. The van der Waals surface area contributed by atoms with E-state index in [1.807, 2.05) is 24.3 Å². The van der Waals surface area contributed by atoms with Crippen LogP contribution in [0.4, 0.5) is 0 Å². The number of ether oxygens (including phenoxy) is 2. The molecule has 0 amide bonds. The molecule has 0 bridgehead atoms. The van der Waals surface area contributed by atoms with E-state index < -0.39 is 11.5 Å². The molecule has 28 heavy (non-hydrogen) atoms. The molecule has 0 spiro atoms. The molecule has 10 heteroatoms. The number of methoxy groups -OCH3 is 1. The number of carbonyl (C=O) groups excluding carboxylic acids is 1. The van der Waals surface area contributed by atoms with Gasteiger partial charge in [-0.1, -0.05) is 19.3 Å². The predicted molar refractivity (Wildman–Crippen MR) is 99.6 cm³/mol. The Bertz CT molecular complexity index is 801. The molecular formula is C18H24N6O4. The maximum atomic E-state index is 12.1. The Labute approximate surface area is 162 Å². The lowest BCUT2D eigenvalue weighted by molar-refractivity contribution is -0.147. The van der Waals surface area contributed by atoms with E-state index in [-0.39, 0.29) is 13.2 Å². The van der Waals surface area contributed by atoms with Gasteiger partial charge >= 0.3 is 5.97 Å². The third-order valence-corrected chi connectivity index (χ3v) is 5.06. The van der Waals surface area contributed by atoms with Gasteiger partial charge in [-0.25, -0.2) is 5.01 Å². The minimum atomic E-state index is -0.865. The minimum Gasteiger partial charge on any atom is -0.497 e. The van der Waals surface area contributed by atoms with Crippen molar-refractivity contribution >= 4 is 5.97 Å². The minimum absolute atomic E-state index is 0.238. The highest BCUT2D eigenvalue weighted by molar-refractivity contribution is 5.71. The van der Waals surface area contributed by atoms with Gasteiger partial charge in [0.05, 0.1) is 24.7 Å². The number of nitroso groups, excluding NO2 is 1. The molecule has 1 aromatic heterocycles. The first-order valence-corrected chi connectivity index (χ1v) is 9.34. The Balaban J connectivity index is 2.01. The first-order valence-electron chi connectivity index (χ1n) is 9.34. The van der Waals surface area contributed by atoms with Crippen molar-refractivity contribution in [3.8, 4) is 11.4 Å². The first-order chi connectivity index (χ1) is 13.6. The topological polar surface area (TPSA) is 112 Å². The van der Waals surface area contributed by atoms with Gasteiger partial charge in [-0.05, 0) is 54.5 Å². The van der Waals surface area contributed by atoms with Gasteiger partial charge in [-0.15, -0.1) is 10.0 Å². The zero-order chi connectivity index (χ0) is 20.0. The van der Waals surface area contributed by atoms with Crippen molar-refractivity contribution in [1.29, 1.82) is 0 Å². The fourth-order valence-corrected chi connectivity index (χ4v) is 3.70. The average Bonchev–Trinajstić information content (AvgIpc) is 3.23. The second kappa shape index (κ2) is 8.77. The molecule has 1 aliphatic carbocycles. The Morgan fingerprint density at radius 1 is 1.25 bits per heavy atom. The summed E-state index contributed by atoms with van der Waals surface area (Å²) in [5.74, 6) is 0.695. The molecule has 1 aromatic carbocycles. The molecule has 2 aromatic rings. The number of tetrazole rings is 1. The predicted octanol–water partition coefficient (Wildman–Crippen LogP) is 2.38. The van der Waals surface area contributed by atoms with E-state index >= 15 is 0 Å². The lowest BCUT2D eigenvalue weighted by Gasteiger charge is -2.41. The molecule has 0 aliphatic heterocycles. The van der Waals surface area contributed by atoms with Crippen molar-refractivity contribution < 1.29 is 14.3 Å². The SMILES string of the molecule is CCOC(=O)CN(N=O)C1(c2nnnn2-c2ccc(OC)cc2)CCCCC1. The standard InChI is InChI=1S/C18H24N6O4/c1-3-28-16(25)13-23(22-26)18(11-5-4-6-12-18)17-19-20-21-24(17)14-7-9-15(27-2)10-8-14/h7-10H,3-6,11-13H2,1-2H3. The number of aromatic nitrogens is 4. The molecule has 0 atom stereocenters. The van der Waals surface area contributed by atoms with Crippen LogP contribution in [-0.4, -0.2) is 51.4 Å². The molecule has 1 heterocycles. The Hall–Kier alpha value is -3.04. The summed E-state index contributed by atoms with van der Waals surface area (Å²) in [6.45, 7) is 1.71. The van der Waals surface area contributed by atoms with Crippen molar-refractivity contribution in [2.75, 3.05) is 20.3 Å². The van der Waals surface area contributed by atoms with E-state index in [1.165, 1.54) is 5.01 Å². The molecule has 1 aliphatic rings. The molecule has 150 valence electrons. The van der Waals surface area contributed by atoms with Crippen LogP contribution in [0.1, 0.15) is 44.9 Å². The van der Waals surface area contributed by atoms with E-state index in [0.717, 1.165) is 24.9 Å².